The van der Waals surface area contributed by atoms with E-state index in [1.54, 1.807) is 14.2 Å². The van der Waals surface area contributed by atoms with E-state index in [0.29, 0.717) is 0 Å². The van der Waals surface area contributed by atoms with E-state index in [-0.39, 0.29) is 4.83 Å². The number of ether oxygens (including phenoxy) is 2. The summed E-state index contributed by atoms with van der Waals surface area (Å²) < 4.78 is 12.0. The number of rotatable bonds is 5. The summed E-state index contributed by atoms with van der Waals surface area (Å²) in [5.74, 6) is 1.67. The maximum absolute atomic E-state index is 5.45. The molecular formula is C16H16Br2O2. The molecule has 0 spiro atoms. The third kappa shape index (κ3) is 3.55. The van der Waals surface area contributed by atoms with E-state index in [2.05, 4.69) is 44.0 Å². The first-order valence-electron chi connectivity index (χ1n) is 6.25. The van der Waals surface area contributed by atoms with Crippen molar-refractivity contribution in [2.24, 2.45) is 0 Å². The van der Waals surface area contributed by atoms with Crippen molar-refractivity contribution in [3.8, 4) is 11.5 Å². The van der Waals surface area contributed by atoms with Crippen LogP contribution in [0.25, 0.3) is 0 Å². The average Bonchev–Trinajstić information content (AvgIpc) is 2.46. The standard InChI is InChI=1S/C16H16Br2O2/c1-19-14-7-4-8-15(20-2)16(14)13(18)10-11-5-3-6-12(17)9-11/h3-9,13H,10H2,1-2H3. The van der Waals surface area contributed by atoms with E-state index >= 15 is 0 Å². The summed E-state index contributed by atoms with van der Waals surface area (Å²) >= 11 is 7.26. The Balaban J connectivity index is 2.31. The summed E-state index contributed by atoms with van der Waals surface area (Å²) in [6.07, 6.45) is 0.857. The first-order valence-corrected chi connectivity index (χ1v) is 7.96. The second kappa shape index (κ2) is 7.14. The van der Waals surface area contributed by atoms with Crippen molar-refractivity contribution >= 4 is 31.9 Å². The fourth-order valence-electron chi connectivity index (χ4n) is 2.16. The van der Waals surface area contributed by atoms with Gasteiger partial charge < -0.3 is 9.47 Å². The second-order valence-electron chi connectivity index (χ2n) is 4.38. The molecule has 1 unspecified atom stereocenters. The number of hydrogen-bond acceptors (Lipinski definition) is 2. The molecule has 0 fully saturated rings. The number of alkyl halides is 1. The van der Waals surface area contributed by atoms with E-state index in [4.69, 9.17) is 9.47 Å². The van der Waals surface area contributed by atoms with Crippen molar-refractivity contribution < 1.29 is 9.47 Å². The Hall–Kier alpha value is -1.00. The van der Waals surface area contributed by atoms with Crippen molar-refractivity contribution in [2.75, 3.05) is 14.2 Å². The number of methoxy groups -OCH3 is 2. The molecule has 0 aliphatic carbocycles. The van der Waals surface area contributed by atoms with Crippen LogP contribution in [-0.4, -0.2) is 14.2 Å². The van der Waals surface area contributed by atoms with Gasteiger partial charge in [0.2, 0.25) is 0 Å². The molecule has 0 bridgehead atoms. The topological polar surface area (TPSA) is 18.5 Å². The molecule has 2 aromatic carbocycles. The summed E-state index contributed by atoms with van der Waals surface area (Å²) in [7, 11) is 3.36. The van der Waals surface area contributed by atoms with Crippen molar-refractivity contribution in [1.29, 1.82) is 0 Å². The van der Waals surface area contributed by atoms with E-state index in [9.17, 15) is 0 Å². The van der Waals surface area contributed by atoms with E-state index in [1.807, 2.05) is 30.3 Å². The highest BCUT2D eigenvalue weighted by Crippen LogP contribution is 2.40. The molecule has 0 amide bonds. The smallest absolute Gasteiger partial charge is 0.126 e. The van der Waals surface area contributed by atoms with Crippen molar-refractivity contribution in [1.82, 2.24) is 0 Å². The fraction of sp³-hybridized carbons (Fsp3) is 0.250. The Morgan fingerprint density at radius 2 is 1.60 bits per heavy atom. The molecule has 0 N–H and O–H groups in total. The summed E-state index contributed by atoms with van der Waals surface area (Å²) in [6.45, 7) is 0. The maximum atomic E-state index is 5.45. The van der Waals surface area contributed by atoms with Crippen LogP contribution in [-0.2, 0) is 6.42 Å². The Morgan fingerprint density at radius 3 is 2.15 bits per heavy atom. The first-order chi connectivity index (χ1) is 9.65. The lowest BCUT2D eigenvalue weighted by Crippen LogP contribution is -2.02. The molecule has 2 rings (SSSR count). The molecule has 2 nitrogen and oxygen atoms in total. The third-order valence-corrected chi connectivity index (χ3v) is 4.36. The van der Waals surface area contributed by atoms with Crippen LogP contribution in [0.2, 0.25) is 0 Å². The fourth-order valence-corrected chi connectivity index (χ4v) is 3.43. The zero-order valence-electron chi connectivity index (χ0n) is 11.4. The first kappa shape index (κ1) is 15.4. The van der Waals surface area contributed by atoms with Crippen molar-refractivity contribution in [3.05, 3.63) is 58.1 Å². The molecule has 4 heteroatoms. The lowest BCUT2D eigenvalue weighted by molar-refractivity contribution is 0.385. The van der Waals surface area contributed by atoms with Crippen molar-refractivity contribution in [3.63, 3.8) is 0 Å². The van der Waals surface area contributed by atoms with Gasteiger partial charge in [-0.1, -0.05) is 50.1 Å². The second-order valence-corrected chi connectivity index (χ2v) is 6.40. The van der Waals surface area contributed by atoms with Gasteiger partial charge in [0.15, 0.2) is 0 Å². The van der Waals surface area contributed by atoms with Crippen LogP contribution in [0.5, 0.6) is 11.5 Å². The number of benzene rings is 2. The normalized spacial score (nSPS) is 12.0. The molecular weight excluding hydrogens is 384 g/mol. The largest absolute Gasteiger partial charge is 0.496 e. The van der Waals surface area contributed by atoms with Crippen LogP contribution >= 0.6 is 31.9 Å². The van der Waals surface area contributed by atoms with Crippen LogP contribution in [0, 0.1) is 0 Å². The highest BCUT2D eigenvalue weighted by Gasteiger charge is 2.18. The molecule has 0 radical (unpaired) electrons. The quantitative estimate of drug-likeness (QED) is 0.647. The lowest BCUT2D eigenvalue weighted by atomic mass is 10.0. The predicted molar refractivity (Wildman–Crippen MR) is 89.1 cm³/mol. The zero-order valence-corrected chi connectivity index (χ0v) is 14.6. The Bertz CT molecular complexity index is 562. The predicted octanol–water partition coefficient (Wildman–Crippen LogP) is 5.15. The highest BCUT2D eigenvalue weighted by atomic mass is 79.9. The van der Waals surface area contributed by atoms with E-state index < -0.39 is 0 Å². The molecule has 106 valence electrons. The summed E-state index contributed by atoms with van der Waals surface area (Å²) in [5.41, 5.74) is 2.28. The van der Waals surface area contributed by atoms with Gasteiger partial charge in [0, 0.05) is 4.47 Å². The maximum Gasteiger partial charge on any atom is 0.126 e. The summed E-state index contributed by atoms with van der Waals surface area (Å²) in [4.78, 5) is 0.128. The van der Waals surface area contributed by atoms with Crippen LogP contribution in [0.1, 0.15) is 16.0 Å². The molecule has 2 aromatic rings. The van der Waals surface area contributed by atoms with Crippen LogP contribution < -0.4 is 9.47 Å². The number of halogens is 2. The SMILES string of the molecule is COc1cccc(OC)c1C(Br)Cc1cccc(Br)c1. The van der Waals surface area contributed by atoms with Gasteiger partial charge in [0.25, 0.3) is 0 Å². The number of hydrogen-bond donors (Lipinski definition) is 0. The minimum absolute atomic E-state index is 0.128. The zero-order chi connectivity index (χ0) is 14.5. The van der Waals surface area contributed by atoms with Gasteiger partial charge >= 0.3 is 0 Å². The van der Waals surface area contributed by atoms with E-state index in [0.717, 1.165) is 28.0 Å². The summed E-state index contributed by atoms with van der Waals surface area (Å²) in [6, 6.07) is 14.1. The third-order valence-electron chi connectivity index (χ3n) is 3.08. The molecule has 0 saturated heterocycles. The Labute approximate surface area is 136 Å². The highest BCUT2D eigenvalue weighted by molar-refractivity contribution is 9.10. The van der Waals surface area contributed by atoms with Crippen LogP contribution in [0.15, 0.2) is 46.9 Å². The molecule has 0 saturated carbocycles. The van der Waals surface area contributed by atoms with Gasteiger partial charge in [-0.05, 0) is 36.2 Å². The minimum Gasteiger partial charge on any atom is -0.496 e. The minimum atomic E-state index is 0.128. The molecule has 0 aliphatic heterocycles. The van der Waals surface area contributed by atoms with Crippen LogP contribution in [0.4, 0.5) is 0 Å². The van der Waals surface area contributed by atoms with Crippen LogP contribution in [0.3, 0.4) is 0 Å². The Morgan fingerprint density at radius 1 is 1.00 bits per heavy atom. The van der Waals surface area contributed by atoms with Gasteiger partial charge in [-0.25, -0.2) is 0 Å². The van der Waals surface area contributed by atoms with Gasteiger partial charge in [-0.3, -0.25) is 0 Å². The van der Waals surface area contributed by atoms with Gasteiger partial charge in [-0.2, -0.15) is 0 Å². The van der Waals surface area contributed by atoms with E-state index in [1.165, 1.54) is 5.56 Å². The van der Waals surface area contributed by atoms with Gasteiger partial charge in [-0.15, -0.1) is 0 Å². The average molecular weight is 400 g/mol. The summed E-state index contributed by atoms with van der Waals surface area (Å²) in [5, 5.41) is 0. The molecule has 0 heterocycles. The Kier molecular flexibility index (Phi) is 5.49. The molecule has 0 aliphatic rings. The lowest BCUT2D eigenvalue weighted by Gasteiger charge is -2.18. The van der Waals surface area contributed by atoms with Gasteiger partial charge in [0.1, 0.15) is 11.5 Å². The monoisotopic (exact) mass is 398 g/mol. The van der Waals surface area contributed by atoms with Crippen molar-refractivity contribution in [2.45, 2.75) is 11.2 Å². The van der Waals surface area contributed by atoms with Gasteiger partial charge in [0.05, 0.1) is 24.6 Å². The molecule has 0 aromatic heterocycles. The molecule has 20 heavy (non-hydrogen) atoms. The molecule has 1 atom stereocenters.